The fourth-order valence-corrected chi connectivity index (χ4v) is 3.59. The number of aryl methyl sites for hydroxylation is 2. The van der Waals surface area contributed by atoms with E-state index < -0.39 is 0 Å². The number of methoxy groups -OCH3 is 1. The normalized spacial score (nSPS) is 18.8. The van der Waals surface area contributed by atoms with Crippen molar-refractivity contribution in [2.75, 3.05) is 13.7 Å². The van der Waals surface area contributed by atoms with E-state index in [1.54, 1.807) is 7.11 Å². The van der Waals surface area contributed by atoms with E-state index >= 15 is 0 Å². The molecule has 1 aliphatic rings. The van der Waals surface area contributed by atoms with Crippen LogP contribution in [0.2, 0.25) is 0 Å². The maximum absolute atomic E-state index is 5.44. The van der Waals surface area contributed by atoms with E-state index in [9.17, 15) is 0 Å². The predicted molar refractivity (Wildman–Crippen MR) is 93.7 cm³/mol. The van der Waals surface area contributed by atoms with Crippen molar-refractivity contribution in [3.8, 4) is 5.75 Å². The van der Waals surface area contributed by atoms with Gasteiger partial charge in [0.15, 0.2) is 0 Å². The van der Waals surface area contributed by atoms with E-state index in [1.165, 1.54) is 41.5 Å². The first kappa shape index (κ1) is 16.0. The van der Waals surface area contributed by atoms with Gasteiger partial charge in [-0.1, -0.05) is 18.6 Å². The van der Waals surface area contributed by atoms with Crippen LogP contribution in [-0.2, 0) is 6.54 Å². The third-order valence-electron chi connectivity index (χ3n) is 4.91. The predicted octanol–water partition coefficient (Wildman–Crippen LogP) is 4.43. The zero-order valence-corrected chi connectivity index (χ0v) is 14.4. The molecule has 0 amide bonds. The summed E-state index contributed by atoms with van der Waals surface area (Å²) in [5.41, 5.74) is 5.26. The van der Waals surface area contributed by atoms with Gasteiger partial charge >= 0.3 is 0 Å². The van der Waals surface area contributed by atoms with Gasteiger partial charge in [-0.05, 0) is 67.6 Å². The Balaban J connectivity index is 1.84. The second kappa shape index (κ2) is 7.14. The molecule has 0 N–H and O–H groups in total. The van der Waals surface area contributed by atoms with Gasteiger partial charge in [-0.25, -0.2) is 0 Å². The molecule has 1 fully saturated rings. The van der Waals surface area contributed by atoms with Crippen molar-refractivity contribution in [2.45, 2.75) is 45.7 Å². The Labute approximate surface area is 139 Å². The molecule has 1 saturated heterocycles. The van der Waals surface area contributed by atoms with E-state index in [4.69, 9.17) is 4.74 Å². The van der Waals surface area contributed by atoms with Crippen LogP contribution in [0.15, 0.2) is 36.7 Å². The third-order valence-corrected chi connectivity index (χ3v) is 4.91. The number of ether oxygens (including phenoxy) is 1. The minimum atomic E-state index is 0.485. The molecule has 0 spiro atoms. The van der Waals surface area contributed by atoms with E-state index in [0.717, 1.165) is 18.8 Å². The summed E-state index contributed by atoms with van der Waals surface area (Å²) < 4.78 is 5.44. The van der Waals surface area contributed by atoms with Crippen LogP contribution in [-0.4, -0.2) is 23.5 Å². The quantitative estimate of drug-likeness (QED) is 0.835. The van der Waals surface area contributed by atoms with Gasteiger partial charge in [0.1, 0.15) is 5.75 Å². The minimum Gasteiger partial charge on any atom is -0.496 e. The topological polar surface area (TPSA) is 25.4 Å². The summed E-state index contributed by atoms with van der Waals surface area (Å²) in [6.45, 7) is 6.46. The first-order valence-electron chi connectivity index (χ1n) is 8.47. The lowest BCUT2D eigenvalue weighted by Gasteiger charge is -2.36. The van der Waals surface area contributed by atoms with E-state index in [2.05, 4.69) is 41.9 Å². The standard InChI is InChI=1S/C20H26N2O/c1-15-12-20(23-3)16(2)11-18(15)14-22-10-5-4-8-19(22)17-7-6-9-21-13-17/h6-7,9,11-13,19H,4-5,8,10,14H2,1-3H3/t19-/m1/s1. The largest absolute Gasteiger partial charge is 0.496 e. The highest BCUT2D eigenvalue weighted by molar-refractivity contribution is 5.41. The van der Waals surface area contributed by atoms with Crippen LogP contribution < -0.4 is 4.74 Å². The number of rotatable bonds is 4. The van der Waals surface area contributed by atoms with E-state index in [0.29, 0.717) is 6.04 Å². The molecule has 23 heavy (non-hydrogen) atoms. The maximum atomic E-state index is 5.44. The molecule has 0 radical (unpaired) electrons. The fourth-order valence-electron chi connectivity index (χ4n) is 3.59. The molecule has 0 saturated carbocycles. The van der Waals surface area contributed by atoms with Crippen molar-refractivity contribution in [3.05, 3.63) is 58.9 Å². The van der Waals surface area contributed by atoms with Crippen LogP contribution in [0.3, 0.4) is 0 Å². The molecule has 0 bridgehead atoms. The first-order valence-corrected chi connectivity index (χ1v) is 8.47. The summed E-state index contributed by atoms with van der Waals surface area (Å²) in [6, 6.07) is 9.18. The van der Waals surface area contributed by atoms with Crippen LogP contribution in [0.5, 0.6) is 5.75 Å². The van der Waals surface area contributed by atoms with Gasteiger partial charge in [0.2, 0.25) is 0 Å². The smallest absolute Gasteiger partial charge is 0.122 e. The Kier molecular flexibility index (Phi) is 4.97. The number of benzene rings is 1. The Morgan fingerprint density at radius 1 is 1.22 bits per heavy atom. The molecule has 0 aliphatic carbocycles. The Morgan fingerprint density at radius 2 is 2.09 bits per heavy atom. The summed E-state index contributed by atoms with van der Waals surface area (Å²) in [5.74, 6) is 0.980. The third kappa shape index (κ3) is 3.56. The van der Waals surface area contributed by atoms with Crippen LogP contribution in [0.25, 0.3) is 0 Å². The highest BCUT2D eigenvalue weighted by atomic mass is 16.5. The molecule has 1 aromatic heterocycles. The second-order valence-corrected chi connectivity index (χ2v) is 6.52. The lowest BCUT2D eigenvalue weighted by atomic mass is 9.95. The van der Waals surface area contributed by atoms with Crippen molar-refractivity contribution in [1.29, 1.82) is 0 Å². The number of hydrogen-bond donors (Lipinski definition) is 0. The fraction of sp³-hybridized carbons (Fsp3) is 0.450. The van der Waals surface area contributed by atoms with Crippen LogP contribution in [0.4, 0.5) is 0 Å². The minimum absolute atomic E-state index is 0.485. The summed E-state index contributed by atoms with van der Waals surface area (Å²) in [7, 11) is 1.74. The number of nitrogens with zero attached hydrogens (tertiary/aromatic N) is 2. The zero-order valence-electron chi connectivity index (χ0n) is 14.4. The van der Waals surface area contributed by atoms with E-state index in [-0.39, 0.29) is 0 Å². The number of hydrogen-bond acceptors (Lipinski definition) is 3. The van der Waals surface area contributed by atoms with Gasteiger partial charge in [0.25, 0.3) is 0 Å². The second-order valence-electron chi connectivity index (χ2n) is 6.52. The Bertz CT molecular complexity index is 654. The Hall–Kier alpha value is -1.87. The lowest BCUT2D eigenvalue weighted by molar-refractivity contribution is 0.140. The SMILES string of the molecule is COc1cc(C)c(CN2CCCC[C@@H]2c2cccnc2)cc1C. The van der Waals surface area contributed by atoms with Gasteiger partial charge in [-0.2, -0.15) is 0 Å². The van der Waals surface area contributed by atoms with E-state index in [1.807, 2.05) is 18.5 Å². The first-order chi connectivity index (χ1) is 11.2. The highest BCUT2D eigenvalue weighted by Gasteiger charge is 2.24. The molecular weight excluding hydrogens is 284 g/mol. The average molecular weight is 310 g/mol. The summed E-state index contributed by atoms with van der Waals surface area (Å²) in [4.78, 5) is 6.92. The van der Waals surface area contributed by atoms with Gasteiger partial charge < -0.3 is 4.74 Å². The zero-order chi connectivity index (χ0) is 16.2. The molecular formula is C20H26N2O. The molecule has 3 rings (SSSR count). The molecule has 0 unspecified atom stereocenters. The van der Waals surface area contributed by atoms with Gasteiger partial charge in [0.05, 0.1) is 7.11 Å². The van der Waals surface area contributed by atoms with Gasteiger partial charge in [-0.15, -0.1) is 0 Å². The number of piperidine rings is 1. The summed E-state index contributed by atoms with van der Waals surface area (Å²) in [6.07, 6.45) is 7.68. The Morgan fingerprint density at radius 3 is 2.83 bits per heavy atom. The van der Waals surface area contributed by atoms with Crippen molar-refractivity contribution in [1.82, 2.24) is 9.88 Å². The summed E-state index contributed by atoms with van der Waals surface area (Å²) >= 11 is 0. The van der Waals surface area contributed by atoms with Crippen molar-refractivity contribution in [3.63, 3.8) is 0 Å². The van der Waals surface area contributed by atoms with Crippen LogP contribution >= 0.6 is 0 Å². The summed E-state index contributed by atoms with van der Waals surface area (Å²) in [5, 5.41) is 0. The molecule has 1 atom stereocenters. The van der Waals surface area contributed by atoms with Crippen molar-refractivity contribution in [2.24, 2.45) is 0 Å². The van der Waals surface area contributed by atoms with Crippen molar-refractivity contribution >= 4 is 0 Å². The van der Waals surface area contributed by atoms with Crippen LogP contribution in [0, 0.1) is 13.8 Å². The number of pyridine rings is 1. The monoisotopic (exact) mass is 310 g/mol. The highest BCUT2D eigenvalue weighted by Crippen LogP contribution is 2.33. The molecule has 3 heteroatoms. The van der Waals surface area contributed by atoms with Gasteiger partial charge in [0, 0.05) is 25.0 Å². The molecule has 3 nitrogen and oxygen atoms in total. The lowest BCUT2D eigenvalue weighted by Crippen LogP contribution is -2.33. The molecule has 2 aromatic rings. The number of aromatic nitrogens is 1. The van der Waals surface area contributed by atoms with Crippen molar-refractivity contribution < 1.29 is 4.74 Å². The average Bonchev–Trinajstić information content (AvgIpc) is 2.59. The maximum Gasteiger partial charge on any atom is 0.122 e. The number of likely N-dealkylation sites (tertiary alicyclic amines) is 1. The molecule has 1 aliphatic heterocycles. The molecule has 2 heterocycles. The van der Waals surface area contributed by atoms with Gasteiger partial charge in [-0.3, -0.25) is 9.88 Å². The van der Waals surface area contributed by atoms with Crippen LogP contribution in [0.1, 0.15) is 47.6 Å². The molecule has 1 aromatic carbocycles. The molecule has 122 valence electrons.